The molecule has 0 bridgehead atoms. The highest BCUT2D eigenvalue weighted by molar-refractivity contribution is 7.85. The Balaban J connectivity index is 1.71. The van der Waals surface area contributed by atoms with Crippen molar-refractivity contribution < 1.29 is 41.7 Å². The van der Waals surface area contributed by atoms with Gasteiger partial charge in [-0.1, -0.05) is 39.0 Å². The molecule has 0 atom stereocenters. The van der Waals surface area contributed by atoms with Gasteiger partial charge in [0.25, 0.3) is 0 Å². The van der Waals surface area contributed by atoms with E-state index in [1.807, 2.05) is 32.1 Å². The summed E-state index contributed by atoms with van der Waals surface area (Å²) in [6.45, 7) is 12.5. The summed E-state index contributed by atoms with van der Waals surface area (Å²) in [6.07, 6.45) is 11.9. The summed E-state index contributed by atoms with van der Waals surface area (Å²) in [4.78, 5) is 10.8. The van der Waals surface area contributed by atoms with Crippen LogP contribution >= 0.6 is 0 Å². The lowest BCUT2D eigenvalue weighted by atomic mass is 9.79. The third-order valence-corrected chi connectivity index (χ3v) is 10.2. The van der Waals surface area contributed by atoms with Crippen molar-refractivity contribution in [3.05, 3.63) is 83.2 Å². The first-order chi connectivity index (χ1) is 23.1. The Kier molecular flexibility index (Phi) is 12.5. The molecule has 0 aromatic heterocycles. The molecule has 0 saturated heterocycles. The van der Waals surface area contributed by atoms with Crippen LogP contribution in [0, 0.1) is 5.41 Å². The predicted molar refractivity (Wildman–Crippen MR) is 191 cm³/mol. The lowest BCUT2D eigenvalue weighted by Crippen LogP contribution is -2.28. The Morgan fingerprint density at radius 3 is 2.35 bits per heavy atom. The van der Waals surface area contributed by atoms with Gasteiger partial charge < -0.3 is 23.9 Å². The maximum atomic E-state index is 11.9. The highest BCUT2D eigenvalue weighted by atomic mass is 32.2. The second kappa shape index (κ2) is 16.0. The van der Waals surface area contributed by atoms with Gasteiger partial charge in [-0.15, -0.1) is 0 Å². The quantitative estimate of drug-likeness (QED) is 0.108. The number of fused-ring (bicyclic) bond motifs is 2. The molecule has 9 nitrogen and oxygen atoms in total. The van der Waals surface area contributed by atoms with Crippen molar-refractivity contribution >= 4 is 33.1 Å². The number of unbranched alkanes of at least 4 members (excludes halogenated alkanes) is 2. The molecular formula is C39H51NO8S. The molecule has 0 unspecified atom stereocenters. The molecule has 0 aliphatic carbocycles. The van der Waals surface area contributed by atoms with E-state index in [1.165, 1.54) is 23.3 Å². The number of carboxylic acids is 1. The summed E-state index contributed by atoms with van der Waals surface area (Å²) in [5.41, 5.74) is 5.19. The number of aliphatic carboxylic acids is 1. The molecule has 49 heavy (non-hydrogen) atoms. The summed E-state index contributed by atoms with van der Waals surface area (Å²) < 4.78 is 55.2. The van der Waals surface area contributed by atoms with Crippen LogP contribution in [0.5, 0.6) is 5.75 Å². The highest BCUT2D eigenvalue weighted by Crippen LogP contribution is 2.45. The first-order valence-corrected chi connectivity index (χ1v) is 18.4. The standard InChI is InChI=1S/C39H51NO8S/c1-38(2,3)32-25-29(48-35-24-28(15-17-31(32)35)27(19-22-46-6)20-23-47-7)12-11-13-36-39(4,5)33-26-30(49(43,44)45)16-18-34(33)40(36)21-10-8-9-14-37(41)42/h11-13,15-18,24-27H,8-10,14,19-23H2,1-7H3,(H-,41,42,43,44,45)/b13-11+,29-12+. The molecule has 266 valence electrons. The Bertz CT molecular complexity index is 1750. The topological polar surface area (TPSA) is 125 Å². The van der Waals surface area contributed by atoms with E-state index in [1.54, 1.807) is 20.3 Å². The minimum absolute atomic E-state index is 0.118. The molecule has 2 aliphatic rings. The zero-order valence-electron chi connectivity index (χ0n) is 29.9. The number of hydrogen-bond donors (Lipinski definition) is 1. The third-order valence-electron chi connectivity index (χ3n) is 9.37. The van der Waals surface area contributed by atoms with Crippen molar-refractivity contribution in [3.63, 3.8) is 0 Å². The average molecular weight is 694 g/mol. The Morgan fingerprint density at radius 1 is 1.04 bits per heavy atom. The maximum Gasteiger partial charge on any atom is 0.303 e. The third kappa shape index (κ3) is 9.36. The monoisotopic (exact) mass is 693 g/mol. The van der Waals surface area contributed by atoms with Crippen molar-refractivity contribution in [1.82, 2.24) is 0 Å². The van der Waals surface area contributed by atoms with Crippen molar-refractivity contribution in [2.75, 3.05) is 34.0 Å². The van der Waals surface area contributed by atoms with E-state index in [-0.39, 0.29) is 22.6 Å². The van der Waals surface area contributed by atoms with E-state index in [9.17, 15) is 17.8 Å². The van der Waals surface area contributed by atoms with Crippen LogP contribution in [0.4, 0.5) is 5.69 Å². The summed E-state index contributed by atoms with van der Waals surface area (Å²) in [6, 6.07) is 11.0. The molecule has 10 heteroatoms. The molecule has 0 saturated carbocycles. The van der Waals surface area contributed by atoms with Crippen LogP contribution in [0.15, 0.2) is 71.4 Å². The number of allylic oxidation sites excluding steroid dienone is 5. The number of benzene rings is 2. The molecule has 2 aromatic carbocycles. The first-order valence-electron chi connectivity index (χ1n) is 17.0. The lowest BCUT2D eigenvalue weighted by Gasteiger charge is -2.30. The van der Waals surface area contributed by atoms with Crippen LogP contribution in [0.2, 0.25) is 0 Å². The summed E-state index contributed by atoms with van der Waals surface area (Å²) >= 11 is 0. The van der Waals surface area contributed by atoms with Crippen LogP contribution in [0.1, 0.15) is 95.8 Å². The molecule has 2 aliphatic heterocycles. The fourth-order valence-electron chi connectivity index (χ4n) is 6.68. The van der Waals surface area contributed by atoms with Gasteiger partial charge in [-0.2, -0.15) is 4.58 Å². The summed E-state index contributed by atoms with van der Waals surface area (Å²) in [7, 11) is -1.20. The van der Waals surface area contributed by atoms with Gasteiger partial charge in [0.1, 0.15) is 28.2 Å². The minimum atomic E-state index is -4.63. The lowest BCUT2D eigenvalue weighted by molar-refractivity contribution is -0.438. The van der Waals surface area contributed by atoms with Crippen molar-refractivity contribution in [1.29, 1.82) is 0 Å². The number of ether oxygens (including phenoxy) is 3. The number of nitrogens with zero attached hydrogens (tertiary/aromatic N) is 1. The van der Waals surface area contributed by atoms with Gasteiger partial charge in [-0.25, -0.2) is 8.42 Å². The molecular weight excluding hydrogens is 642 g/mol. The number of carbonyl (C=O) groups is 1. The van der Waals surface area contributed by atoms with Crippen LogP contribution in [-0.2, 0) is 29.8 Å². The van der Waals surface area contributed by atoms with E-state index in [4.69, 9.17) is 19.3 Å². The van der Waals surface area contributed by atoms with E-state index in [2.05, 4.69) is 49.6 Å². The molecule has 0 radical (unpaired) electrons. The number of methoxy groups -OCH3 is 2. The molecule has 0 amide bonds. The van der Waals surface area contributed by atoms with Gasteiger partial charge >= 0.3 is 5.97 Å². The van der Waals surface area contributed by atoms with Crippen molar-refractivity contribution in [3.8, 4) is 5.75 Å². The van der Waals surface area contributed by atoms with Gasteiger partial charge in [0, 0.05) is 63.5 Å². The second-order valence-corrected chi connectivity index (χ2v) is 15.7. The van der Waals surface area contributed by atoms with Gasteiger partial charge in [-0.05, 0) is 92.4 Å². The van der Waals surface area contributed by atoms with Crippen LogP contribution < -0.4 is 4.74 Å². The van der Waals surface area contributed by atoms with Gasteiger partial charge in [0.2, 0.25) is 5.69 Å². The van der Waals surface area contributed by atoms with E-state index >= 15 is 0 Å². The normalized spacial score (nSPS) is 16.7. The SMILES string of the molecule is COCCC(CCOC)c1ccc2c(c1)O/C(=C/C=C/C1=[N+](CCCCCC(=O)O)c3ccc(S(=O)(=O)[O-])cc3C1(C)C)C=C2C(C)(C)C. The zero-order chi connectivity index (χ0) is 36.0. The van der Waals surface area contributed by atoms with Crippen molar-refractivity contribution in [2.45, 2.75) is 89.4 Å². The Hall–Kier alpha value is -3.57. The smallest absolute Gasteiger partial charge is 0.303 e. The van der Waals surface area contributed by atoms with E-state index in [0.29, 0.717) is 31.9 Å². The van der Waals surface area contributed by atoms with E-state index in [0.717, 1.165) is 54.0 Å². The average Bonchev–Trinajstić information content (AvgIpc) is 3.24. The van der Waals surface area contributed by atoms with E-state index < -0.39 is 21.5 Å². The predicted octanol–water partition coefficient (Wildman–Crippen LogP) is 7.73. The van der Waals surface area contributed by atoms with Crippen LogP contribution in [0.3, 0.4) is 0 Å². The second-order valence-electron chi connectivity index (χ2n) is 14.4. The zero-order valence-corrected chi connectivity index (χ0v) is 30.7. The largest absolute Gasteiger partial charge is 0.744 e. The minimum Gasteiger partial charge on any atom is -0.744 e. The molecule has 1 N–H and O–H groups in total. The van der Waals surface area contributed by atoms with Gasteiger partial charge in [0.15, 0.2) is 5.71 Å². The van der Waals surface area contributed by atoms with Crippen molar-refractivity contribution in [2.24, 2.45) is 5.41 Å². The molecule has 2 aromatic rings. The highest BCUT2D eigenvalue weighted by Gasteiger charge is 2.44. The molecule has 0 fully saturated rings. The maximum absolute atomic E-state index is 11.9. The number of hydrogen-bond acceptors (Lipinski definition) is 7. The van der Waals surface area contributed by atoms with Crippen LogP contribution in [-0.4, -0.2) is 68.3 Å². The van der Waals surface area contributed by atoms with Gasteiger partial charge in [-0.3, -0.25) is 4.79 Å². The summed E-state index contributed by atoms with van der Waals surface area (Å²) in [5, 5.41) is 9.05. The Morgan fingerprint density at radius 2 is 1.73 bits per heavy atom. The fourth-order valence-corrected chi connectivity index (χ4v) is 7.18. The van der Waals surface area contributed by atoms with Crippen LogP contribution in [0.25, 0.3) is 5.57 Å². The number of carboxylic acid groups (broad SMARTS) is 1. The number of rotatable bonds is 16. The summed E-state index contributed by atoms with van der Waals surface area (Å²) in [5.74, 6) is 0.955. The molecule has 4 rings (SSSR count). The fraction of sp³-hybridized carbons (Fsp3) is 0.487. The van der Waals surface area contributed by atoms with Gasteiger partial charge in [0.05, 0.1) is 10.3 Å². The molecule has 0 spiro atoms. The Labute approximate surface area is 291 Å². The first kappa shape index (κ1) is 38.2. The molecule has 2 heterocycles.